The summed E-state index contributed by atoms with van der Waals surface area (Å²) in [5.74, 6) is -0.475. The van der Waals surface area contributed by atoms with E-state index in [4.69, 9.17) is 51.6 Å². The quantitative estimate of drug-likeness (QED) is 0.143. The van der Waals surface area contributed by atoms with E-state index in [0.717, 1.165) is 39.3 Å². The maximum atomic E-state index is 14.4. The number of carboxylic acids is 1. The van der Waals surface area contributed by atoms with Crippen LogP contribution in [0, 0.1) is 19.7 Å². The molecule has 67 heavy (non-hydrogen) atoms. The van der Waals surface area contributed by atoms with Crippen LogP contribution in [0.4, 0.5) is 4.39 Å². The van der Waals surface area contributed by atoms with E-state index in [1.54, 1.807) is 42.6 Å². The number of hydrogen-bond donors (Lipinski definition) is 1. The summed E-state index contributed by atoms with van der Waals surface area (Å²) in [7, 11) is 4.14. The lowest BCUT2D eigenvalue weighted by molar-refractivity contribution is -0.145. The van der Waals surface area contributed by atoms with Crippen molar-refractivity contribution in [3.8, 4) is 50.7 Å². The highest BCUT2D eigenvalue weighted by molar-refractivity contribution is 7.22. The lowest BCUT2D eigenvalue weighted by atomic mass is 9.92. The van der Waals surface area contributed by atoms with Gasteiger partial charge in [-0.25, -0.2) is 24.1 Å². The van der Waals surface area contributed by atoms with Gasteiger partial charge < -0.3 is 43.3 Å². The number of aliphatic carboxylic acids is 1. The van der Waals surface area contributed by atoms with Crippen LogP contribution < -0.4 is 23.7 Å². The summed E-state index contributed by atoms with van der Waals surface area (Å²) in [6.07, 6.45) is 0.648. The molecule has 10 rings (SSSR count). The minimum absolute atomic E-state index is 0.0166. The number of nitrogens with zero attached hydrogens (tertiary/aromatic N) is 7. The van der Waals surface area contributed by atoms with Gasteiger partial charge in [0.15, 0.2) is 5.75 Å². The molecule has 2 fully saturated rings. The highest BCUT2D eigenvalue weighted by atomic mass is 35.5. The monoisotopic (exact) mass is 973 g/mol. The van der Waals surface area contributed by atoms with E-state index in [-0.39, 0.29) is 37.6 Å². The molecule has 7 heterocycles. The van der Waals surface area contributed by atoms with Crippen LogP contribution in [-0.2, 0) is 22.6 Å². The van der Waals surface area contributed by atoms with Gasteiger partial charge in [-0.1, -0.05) is 35.3 Å². The van der Waals surface area contributed by atoms with Gasteiger partial charge in [0.05, 0.1) is 27.7 Å². The van der Waals surface area contributed by atoms with Gasteiger partial charge >= 0.3 is 12.0 Å². The Balaban J connectivity index is 1.12. The molecule has 3 atom stereocenters. The Morgan fingerprint density at radius 2 is 1.69 bits per heavy atom. The Hall–Kier alpha value is -5.40. The van der Waals surface area contributed by atoms with Gasteiger partial charge in [-0.3, -0.25) is 4.90 Å². The third-order valence-corrected chi connectivity index (χ3v) is 14.2. The van der Waals surface area contributed by atoms with E-state index < -0.39 is 24.0 Å². The zero-order valence-corrected chi connectivity index (χ0v) is 39.8. The molecule has 0 amide bonds. The maximum Gasteiger partial charge on any atom is 0.345 e. The number of morpholine rings is 1. The first-order valence-electron chi connectivity index (χ1n) is 22.0. The number of benzene rings is 3. The largest absolute Gasteiger partial charge is 0.490 e. The number of hydrogen-bond acceptors (Lipinski definition) is 15. The summed E-state index contributed by atoms with van der Waals surface area (Å²) >= 11 is 16.0. The molecular formula is C48H50Cl2FN7O8S. The smallest absolute Gasteiger partial charge is 0.345 e. The maximum absolute atomic E-state index is 14.4. The topological polar surface area (TPSA) is 154 Å². The number of carbonyl (C=O) groups is 1. The molecule has 4 aliphatic heterocycles. The molecule has 3 aromatic heterocycles. The first-order valence-corrected chi connectivity index (χ1v) is 23.6. The molecule has 0 aliphatic carbocycles. The molecule has 15 nitrogen and oxygen atoms in total. The summed E-state index contributed by atoms with van der Waals surface area (Å²) in [5.41, 5.74) is 4.28. The van der Waals surface area contributed by atoms with E-state index in [1.165, 1.54) is 29.8 Å². The highest BCUT2D eigenvalue weighted by Gasteiger charge is 2.32. The minimum Gasteiger partial charge on any atom is -0.490 e. The lowest BCUT2D eigenvalue weighted by Crippen LogP contribution is -2.49. The Bertz CT molecular complexity index is 2730. The zero-order chi connectivity index (χ0) is 46.8. The zero-order valence-electron chi connectivity index (χ0n) is 37.5. The van der Waals surface area contributed by atoms with Crippen LogP contribution in [0.3, 0.4) is 0 Å². The molecule has 1 N–H and O–H groups in total. The van der Waals surface area contributed by atoms with Crippen molar-refractivity contribution in [2.24, 2.45) is 0 Å². The van der Waals surface area contributed by atoms with Crippen molar-refractivity contribution < 1.29 is 42.7 Å². The summed E-state index contributed by atoms with van der Waals surface area (Å²) in [6, 6.07) is 13.3. The summed E-state index contributed by atoms with van der Waals surface area (Å²) in [6.45, 7) is 10.4. The molecular weight excluding hydrogens is 925 g/mol. The van der Waals surface area contributed by atoms with E-state index in [0.29, 0.717) is 101 Å². The van der Waals surface area contributed by atoms with Crippen molar-refractivity contribution >= 4 is 50.7 Å². The van der Waals surface area contributed by atoms with Crippen molar-refractivity contribution in [3.63, 3.8) is 0 Å². The van der Waals surface area contributed by atoms with Crippen LogP contribution in [0.2, 0.25) is 10.0 Å². The number of fused-ring (bicyclic) bond motifs is 7. The number of likely N-dealkylation sites (N-methyl/N-ethyl adjacent to an activating group) is 2. The molecule has 0 radical (unpaired) electrons. The molecule has 352 valence electrons. The molecule has 0 spiro atoms. The standard InChI is InChI=1S/C48H50Cl2FN7O8S/c1-27-38-28(2)42(50)43(41(27)49)65-35(22-58-15-13-56(3)14-16-58)25-62-33-9-10-36(63-23-32-11-12-52-48(55-32)64-24-34-21-57(4)17-18-61-34)30(19-33)20-37(47(59)60)66-45-40-39(38)44(67-46(40)54-26-53-45)29-5-7-31(51)8-6-29/h5-12,19,26,34-35,37H,13-18,20-25H2,1-4H3,(H,59,60)/t34-,35-,37-/m1/s1. The Morgan fingerprint density at radius 3 is 2.43 bits per heavy atom. The van der Waals surface area contributed by atoms with Gasteiger partial charge in [-0.05, 0) is 86.6 Å². The van der Waals surface area contributed by atoms with Crippen LogP contribution in [0.15, 0.2) is 61.1 Å². The predicted octanol–water partition coefficient (Wildman–Crippen LogP) is 7.63. The van der Waals surface area contributed by atoms with Crippen molar-refractivity contribution in [1.29, 1.82) is 0 Å². The Kier molecular flexibility index (Phi) is 14.3. The Morgan fingerprint density at radius 1 is 0.910 bits per heavy atom. The van der Waals surface area contributed by atoms with Crippen molar-refractivity contribution in [3.05, 3.63) is 99.3 Å². The number of aromatic nitrogens is 4. The van der Waals surface area contributed by atoms with E-state index in [9.17, 15) is 14.3 Å². The number of piperazine rings is 1. The Labute approximate surface area is 401 Å². The van der Waals surface area contributed by atoms with Crippen LogP contribution in [0.5, 0.6) is 29.1 Å². The number of halogens is 3. The number of carboxylic acid groups (broad SMARTS) is 1. The molecule has 6 aromatic rings. The SMILES string of the molecule is Cc1c(Cl)c2c(Cl)c(C)c1-c1c(-c3ccc(F)cc3)sc3ncnc(c13)O[C@@H](C(=O)O)Cc1cc(ccc1OCc1ccnc(OC[C@H]3CN(C)CCO3)n1)OC[C@@H](CN1CCN(C)CC1)O2. The number of rotatable bonds is 10. The van der Waals surface area contributed by atoms with Gasteiger partial charge in [0, 0.05) is 74.4 Å². The second-order valence-corrected chi connectivity index (χ2v) is 18.8. The molecule has 3 aromatic carbocycles. The fourth-order valence-electron chi connectivity index (χ4n) is 8.53. The van der Waals surface area contributed by atoms with E-state index >= 15 is 0 Å². The second-order valence-electron chi connectivity index (χ2n) is 17.0. The molecule has 4 aliphatic rings. The fraction of sp³-hybridized carbons (Fsp3) is 0.396. The van der Waals surface area contributed by atoms with E-state index in [1.807, 2.05) is 20.9 Å². The fourth-order valence-corrected chi connectivity index (χ4v) is 10.2. The van der Waals surface area contributed by atoms with Gasteiger partial charge in [0.25, 0.3) is 0 Å². The molecule has 0 unspecified atom stereocenters. The lowest BCUT2D eigenvalue weighted by Gasteiger charge is -2.35. The van der Waals surface area contributed by atoms with Gasteiger partial charge in [-0.15, -0.1) is 11.3 Å². The molecule has 4 bridgehead atoms. The van der Waals surface area contributed by atoms with Crippen LogP contribution >= 0.6 is 34.5 Å². The number of ether oxygens (including phenoxy) is 6. The van der Waals surface area contributed by atoms with Crippen molar-refractivity contribution in [2.75, 3.05) is 79.7 Å². The van der Waals surface area contributed by atoms with Crippen LogP contribution in [0.25, 0.3) is 31.8 Å². The highest BCUT2D eigenvalue weighted by Crippen LogP contribution is 2.53. The second kappa shape index (κ2) is 20.4. The van der Waals surface area contributed by atoms with Crippen LogP contribution in [-0.4, -0.2) is 144 Å². The van der Waals surface area contributed by atoms with Crippen molar-refractivity contribution in [1.82, 2.24) is 34.6 Å². The summed E-state index contributed by atoms with van der Waals surface area (Å²) in [5, 5.41) is 11.9. The molecule has 0 saturated carbocycles. The van der Waals surface area contributed by atoms with Gasteiger partial charge in [0.2, 0.25) is 12.0 Å². The number of thiophene rings is 1. The van der Waals surface area contributed by atoms with Crippen LogP contribution in [0.1, 0.15) is 22.4 Å². The van der Waals surface area contributed by atoms with E-state index in [2.05, 4.69) is 41.7 Å². The van der Waals surface area contributed by atoms with Gasteiger partial charge in [-0.2, -0.15) is 4.98 Å². The first kappa shape index (κ1) is 46.7. The predicted molar refractivity (Wildman–Crippen MR) is 253 cm³/mol. The average Bonchev–Trinajstić information content (AvgIpc) is 3.71. The first-order chi connectivity index (χ1) is 32.4. The minimum atomic E-state index is -1.47. The molecule has 19 heteroatoms. The summed E-state index contributed by atoms with van der Waals surface area (Å²) in [4.78, 5) is 39.3. The van der Waals surface area contributed by atoms with Gasteiger partial charge in [0.1, 0.15) is 60.5 Å². The third kappa shape index (κ3) is 10.5. The summed E-state index contributed by atoms with van der Waals surface area (Å²) < 4.78 is 52.3. The van der Waals surface area contributed by atoms with Crippen molar-refractivity contribution in [2.45, 2.75) is 45.2 Å². The molecule has 2 saturated heterocycles. The third-order valence-electron chi connectivity index (χ3n) is 12.2. The normalized spacial score (nSPS) is 19.6. The average molecular weight is 975 g/mol.